The third-order valence-corrected chi connectivity index (χ3v) is 5.42. The van der Waals surface area contributed by atoms with Crippen molar-refractivity contribution in [1.82, 2.24) is 0 Å². The van der Waals surface area contributed by atoms with Crippen LogP contribution in [0.1, 0.15) is 32.3 Å². The van der Waals surface area contributed by atoms with Crippen LogP contribution in [0.2, 0.25) is 0 Å². The molecule has 0 saturated carbocycles. The van der Waals surface area contributed by atoms with E-state index in [1.165, 1.54) is 12.1 Å². The molecule has 0 spiro atoms. The summed E-state index contributed by atoms with van der Waals surface area (Å²) >= 11 is 1.79. The van der Waals surface area contributed by atoms with Gasteiger partial charge in [-0.1, -0.05) is 19.1 Å². The fraction of sp³-hybridized carbons (Fsp3) is 0.538. The van der Waals surface area contributed by atoms with Gasteiger partial charge in [-0.3, -0.25) is 0 Å². The zero-order valence-corrected chi connectivity index (χ0v) is 17.2. The van der Waals surface area contributed by atoms with Crippen LogP contribution in [0, 0.1) is 0 Å². The van der Waals surface area contributed by atoms with Gasteiger partial charge in [-0.05, 0) is 37.5 Å². The second kappa shape index (κ2) is 8.64. The van der Waals surface area contributed by atoms with Crippen molar-refractivity contribution in [2.75, 3.05) is 12.3 Å². The summed E-state index contributed by atoms with van der Waals surface area (Å²) in [5, 5.41) is 0. The Bertz CT molecular complexity index is 515. The Morgan fingerprint density at radius 3 is 2.20 bits per heavy atom. The predicted molar refractivity (Wildman–Crippen MR) is 78.4 cm³/mol. The van der Waals surface area contributed by atoms with Gasteiger partial charge < -0.3 is 10.3 Å². The van der Waals surface area contributed by atoms with Crippen LogP contribution in [0.25, 0.3) is 0 Å². The summed E-state index contributed by atoms with van der Waals surface area (Å²) in [6, 6.07) is 6.14. The summed E-state index contributed by atoms with van der Waals surface area (Å²) < 4.78 is 32.5. The van der Waals surface area contributed by atoms with Crippen LogP contribution < -0.4 is 57.1 Å². The zero-order valence-electron chi connectivity index (χ0n) is 12.4. The first kappa shape index (κ1) is 21.1. The van der Waals surface area contributed by atoms with E-state index in [9.17, 15) is 13.0 Å². The molecule has 0 aliphatic rings. The zero-order chi connectivity index (χ0) is 14.7. The minimum Gasteiger partial charge on any atom is -0.744 e. The molecule has 1 rings (SSSR count). The van der Waals surface area contributed by atoms with E-state index in [0.717, 1.165) is 11.3 Å². The summed E-state index contributed by atoms with van der Waals surface area (Å²) in [7, 11) is -4.36. The van der Waals surface area contributed by atoms with Gasteiger partial charge in [0.1, 0.15) is 10.1 Å². The molecule has 1 aromatic carbocycles. The summed E-state index contributed by atoms with van der Waals surface area (Å²) in [6.45, 7) is 6.87. The molecule has 1 atom stereocenters. The Kier molecular flexibility index (Phi) is 9.11. The van der Waals surface area contributed by atoms with Gasteiger partial charge in [-0.15, -0.1) is 0 Å². The molecule has 0 saturated heterocycles. The maximum absolute atomic E-state index is 10.8. The summed E-state index contributed by atoms with van der Waals surface area (Å²) in [5.74, 6) is 1.17. The summed E-state index contributed by atoms with van der Waals surface area (Å²) in [4.78, 5) is -0.182. The van der Waals surface area contributed by atoms with Crippen molar-refractivity contribution in [2.45, 2.75) is 36.3 Å². The molecule has 0 heterocycles. The van der Waals surface area contributed by atoms with Gasteiger partial charge in [-0.2, -0.15) is 11.8 Å². The molecule has 0 amide bonds. The molecule has 0 aliphatic carbocycles. The van der Waals surface area contributed by atoms with Crippen LogP contribution in [0.4, 0.5) is 0 Å². The average Bonchev–Trinajstić information content (AvgIpc) is 2.35. The molecule has 0 fully saturated rings. The van der Waals surface area contributed by atoms with E-state index in [0.29, 0.717) is 6.54 Å². The summed E-state index contributed by atoms with van der Waals surface area (Å²) in [5.41, 5.74) is 6.70. The molecule has 0 aliphatic heterocycles. The van der Waals surface area contributed by atoms with E-state index in [-0.39, 0.29) is 66.9 Å². The second-order valence-corrected chi connectivity index (χ2v) is 8.31. The van der Waals surface area contributed by atoms with Crippen LogP contribution in [0.15, 0.2) is 29.2 Å². The minimum atomic E-state index is -4.36. The molecule has 108 valence electrons. The number of benzene rings is 1. The topological polar surface area (TPSA) is 83.2 Å². The molecule has 1 aromatic rings. The van der Waals surface area contributed by atoms with Crippen LogP contribution in [-0.2, 0) is 10.1 Å². The monoisotopic (exact) mass is 341 g/mol. The molecule has 2 N–H and O–H groups in total. The van der Waals surface area contributed by atoms with Crippen molar-refractivity contribution in [3.8, 4) is 0 Å². The van der Waals surface area contributed by atoms with Gasteiger partial charge in [0.25, 0.3) is 0 Å². The van der Waals surface area contributed by atoms with E-state index >= 15 is 0 Å². The molecule has 4 nitrogen and oxygen atoms in total. The third kappa shape index (κ3) is 6.89. The van der Waals surface area contributed by atoms with Crippen molar-refractivity contribution >= 4 is 21.9 Å². The Hall–Kier alpha value is 1.08. The van der Waals surface area contributed by atoms with E-state index in [2.05, 4.69) is 20.8 Å². The molecular weight excluding hydrogens is 321 g/mol. The first-order valence-electron chi connectivity index (χ1n) is 6.05. The maximum Gasteiger partial charge on any atom is 1.00 e. The number of thioether (sulfide) groups is 1. The largest absolute Gasteiger partial charge is 1.00 e. The van der Waals surface area contributed by atoms with Gasteiger partial charge in [0.05, 0.1) is 4.90 Å². The van der Waals surface area contributed by atoms with Gasteiger partial charge in [0.2, 0.25) is 0 Å². The first-order chi connectivity index (χ1) is 8.65. The Morgan fingerprint density at radius 2 is 1.80 bits per heavy atom. The molecule has 0 aromatic heterocycles. The van der Waals surface area contributed by atoms with Crippen molar-refractivity contribution in [3.05, 3.63) is 29.8 Å². The van der Waals surface area contributed by atoms with Gasteiger partial charge in [0.15, 0.2) is 0 Å². The van der Waals surface area contributed by atoms with Crippen LogP contribution in [0.3, 0.4) is 0 Å². The fourth-order valence-corrected chi connectivity index (χ4v) is 2.95. The van der Waals surface area contributed by atoms with Crippen LogP contribution in [0.5, 0.6) is 0 Å². The molecule has 0 bridgehead atoms. The van der Waals surface area contributed by atoms with E-state index in [4.69, 9.17) is 5.73 Å². The normalized spacial score (nSPS) is 13.7. The van der Waals surface area contributed by atoms with E-state index in [1.54, 1.807) is 23.9 Å². The number of hydrogen-bond donors (Lipinski definition) is 1. The Morgan fingerprint density at radius 1 is 1.30 bits per heavy atom. The van der Waals surface area contributed by atoms with Gasteiger partial charge in [0, 0.05) is 17.0 Å². The van der Waals surface area contributed by atoms with Crippen LogP contribution >= 0.6 is 11.8 Å². The average molecular weight is 342 g/mol. The van der Waals surface area contributed by atoms with E-state index < -0.39 is 10.1 Å². The van der Waals surface area contributed by atoms with Gasteiger partial charge in [-0.25, -0.2) is 8.42 Å². The molecule has 7 heteroatoms. The molecular formula is C13H20KNO3S2. The van der Waals surface area contributed by atoms with Crippen molar-refractivity contribution in [1.29, 1.82) is 0 Å². The molecule has 1 unspecified atom stereocenters. The number of hydrogen-bond acceptors (Lipinski definition) is 5. The SMILES string of the molecule is CC(CSC(C)(C)CN)c1ccc(S(=O)(=O)[O-])cc1.[K+]. The van der Waals surface area contributed by atoms with Crippen molar-refractivity contribution in [2.24, 2.45) is 5.73 Å². The fourth-order valence-electron chi connectivity index (χ4n) is 1.47. The maximum atomic E-state index is 10.8. The van der Waals surface area contributed by atoms with Crippen LogP contribution in [-0.4, -0.2) is 30.0 Å². The Labute approximate surface area is 168 Å². The third-order valence-electron chi connectivity index (χ3n) is 2.95. The van der Waals surface area contributed by atoms with Crippen molar-refractivity contribution in [3.63, 3.8) is 0 Å². The minimum absolute atomic E-state index is 0. The Balaban J connectivity index is 0.00000361. The smallest absolute Gasteiger partial charge is 0.744 e. The number of rotatable bonds is 6. The quantitative estimate of drug-likeness (QED) is 0.539. The molecule has 0 radical (unpaired) electrons. The first-order valence-corrected chi connectivity index (χ1v) is 8.45. The van der Waals surface area contributed by atoms with Gasteiger partial charge >= 0.3 is 51.4 Å². The van der Waals surface area contributed by atoms with Crippen molar-refractivity contribution < 1.29 is 64.4 Å². The number of nitrogens with two attached hydrogens (primary N) is 1. The summed E-state index contributed by atoms with van der Waals surface area (Å²) in [6.07, 6.45) is 0. The standard InChI is InChI=1S/C13H21NO3S2.K/c1-10(8-18-13(2,3)9-14)11-4-6-12(7-5-11)19(15,16)17;/h4-7,10H,8-9,14H2,1-3H3,(H,15,16,17);/q;+1/p-1. The van der Waals surface area contributed by atoms with E-state index in [1.807, 2.05) is 0 Å². The second-order valence-electron chi connectivity index (χ2n) is 5.20. The predicted octanol–water partition coefficient (Wildman–Crippen LogP) is -0.831. The molecule has 20 heavy (non-hydrogen) atoms.